The normalized spacial score (nSPS) is 10.4. The molecule has 0 bridgehead atoms. The molecular weight excluding hydrogens is 262 g/mol. The Balaban J connectivity index is 2.54. The molecule has 0 atom stereocenters. The number of carboxylic acids is 1. The van der Waals surface area contributed by atoms with Crippen molar-refractivity contribution in [2.24, 2.45) is 7.05 Å². The van der Waals surface area contributed by atoms with Crippen molar-refractivity contribution in [3.8, 4) is 0 Å². The maximum atomic E-state index is 11.8. The first kappa shape index (κ1) is 13.6. The van der Waals surface area contributed by atoms with Gasteiger partial charge in [0.25, 0.3) is 0 Å². The number of nitrogens with two attached hydrogens (primary N) is 1. The number of rotatable bonds is 3. The van der Waals surface area contributed by atoms with Crippen LogP contribution in [0.3, 0.4) is 0 Å². The van der Waals surface area contributed by atoms with Gasteiger partial charge in [0, 0.05) is 25.1 Å². The molecule has 0 spiro atoms. The third-order valence-corrected chi connectivity index (χ3v) is 2.97. The van der Waals surface area contributed by atoms with E-state index in [0.717, 1.165) is 9.13 Å². The van der Waals surface area contributed by atoms with Crippen LogP contribution in [0.25, 0.3) is 0 Å². The fourth-order valence-electron chi connectivity index (χ4n) is 1.91. The van der Waals surface area contributed by atoms with Crippen LogP contribution in [0.2, 0.25) is 0 Å². The molecule has 0 saturated carbocycles. The summed E-state index contributed by atoms with van der Waals surface area (Å²) in [6.45, 7) is -0.0262. The molecule has 0 fully saturated rings. The van der Waals surface area contributed by atoms with Crippen LogP contribution in [-0.2, 0) is 13.6 Å². The van der Waals surface area contributed by atoms with Crippen molar-refractivity contribution in [1.82, 2.24) is 9.13 Å². The molecule has 104 valence electrons. The van der Waals surface area contributed by atoms with Gasteiger partial charge in [0.2, 0.25) is 0 Å². The topological polar surface area (TPSA) is 107 Å². The predicted octanol–water partition coefficient (Wildman–Crippen LogP) is -0.124. The zero-order valence-electron chi connectivity index (χ0n) is 10.7. The largest absolute Gasteiger partial charge is 0.478 e. The number of aromatic carboxylic acids is 1. The van der Waals surface area contributed by atoms with Gasteiger partial charge in [-0.1, -0.05) is 12.1 Å². The van der Waals surface area contributed by atoms with Crippen molar-refractivity contribution in [3.63, 3.8) is 0 Å². The number of carboxylic acid groups (broad SMARTS) is 1. The van der Waals surface area contributed by atoms with E-state index in [1.165, 1.54) is 25.5 Å². The molecule has 0 amide bonds. The van der Waals surface area contributed by atoms with Crippen LogP contribution in [-0.4, -0.2) is 20.2 Å². The Morgan fingerprint density at radius 2 is 1.95 bits per heavy atom. The number of nitrogen functional groups attached to an aromatic ring is 1. The minimum Gasteiger partial charge on any atom is -0.478 e. The molecule has 7 heteroatoms. The van der Waals surface area contributed by atoms with Gasteiger partial charge < -0.3 is 20.0 Å². The van der Waals surface area contributed by atoms with Gasteiger partial charge in [-0.25, -0.2) is 4.79 Å². The molecule has 0 radical (unpaired) electrons. The molecular formula is C13H13N3O4. The van der Waals surface area contributed by atoms with Gasteiger partial charge in [0.1, 0.15) is 0 Å². The summed E-state index contributed by atoms with van der Waals surface area (Å²) in [4.78, 5) is 34.6. The number of hydrogen-bond acceptors (Lipinski definition) is 4. The number of anilines is 1. The minimum atomic E-state index is -1.17. The van der Waals surface area contributed by atoms with E-state index < -0.39 is 17.1 Å². The third-order valence-electron chi connectivity index (χ3n) is 2.97. The molecule has 2 rings (SSSR count). The Labute approximate surface area is 113 Å². The molecule has 20 heavy (non-hydrogen) atoms. The van der Waals surface area contributed by atoms with E-state index >= 15 is 0 Å². The van der Waals surface area contributed by atoms with E-state index in [2.05, 4.69) is 0 Å². The number of hydrogen-bond donors (Lipinski definition) is 2. The molecule has 0 saturated heterocycles. The monoisotopic (exact) mass is 275 g/mol. The lowest BCUT2D eigenvalue weighted by molar-refractivity contribution is 0.0696. The van der Waals surface area contributed by atoms with Crippen molar-refractivity contribution in [2.45, 2.75) is 6.54 Å². The molecule has 7 nitrogen and oxygen atoms in total. The van der Waals surface area contributed by atoms with Crippen LogP contribution < -0.4 is 16.9 Å². The van der Waals surface area contributed by atoms with Crippen molar-refractivity contribution >= 4 is 11.7 Å². The highest BCUT2D eigenvalue weighted by Crippen LogP contribution is 2.17. The zero-order valence-corrected chi connectivity index (χ0v) is 10.7. The third kappa shape index (κ3) is 2.33. The summed E-state index contributed by atoms with van der Waals surface area (Å²) in [5.74, 6) is -1.17. The maximum absolute atomic E-state index is 11.8. The second kappa shape index (κ2) is 5.04. The highest BCUT2D eigenvalue weighted by atomic mass is 16.4. The predicted molar refractivity (Wildman–Crippen MR) is 72.9 cm³/mol. The molecule has 2 aromatic rings. The summed E-state index contributed by atoms with van der Waals surface area (Å²) >= 11 is 0. The van der Waals surface area contributed by atoms with E-state index in [4.69, 9.17) is 10.8 Å². The fourth-order valence-corrected chi connectivity index (χ4v) is 1.91. The van der Waals surface area contributed by atoms with Gasteiger partial charge in [-0.05, 0) is 11.6 Å². The van der Waals surface area contributed by atoms with Crippen LogP contribution >= 0.6 is 0 Å². The fraction of sp³-hybridized carbons (Fsp3) is 0.154. The van der Waals surface area contributed by atoms with Crippen molar-refractivity contribution in [1.29, 1.82) is 0 Å². The highest BCUT2D eigenvalue weighted by molar-refractivity contribution is 5.95. The number of carbonyl (C=O) groups is 1. The smallest absolute Gasteiger partial charge is 0.338 e. The highest BCUT2D eigenvalue weighted by Gasteiger charge is 2.14. The summed E-state index contributed by atoms with van der Waals surface area (Å²) < 4.78 is 2.32. The standard InChI is InChI=1S/C13H13N3O4/c1-15-5-6-16(12(18)11(15)17)7-8-3-2-4-9(14)10(8)13(19)20/h2-6H,7,14H2,1H3,(H,19,20). The van der Waals surface area contributed by atoms with Gasteiger partial charge in [-0.15, -0.1) is 0 Å². The van der Waals surface area contributed by atoms with Gasteiger partial charge >= 0.3 is 17.1 Å². The van der Waals surface area contributed by atoms with Crippen LogP contribution in [0.4, 0.5) is 5.69 Å². The Bertz CT molecular complexity index is 789. The molecule has 1 aromatic carbocycles. The van der Waals surface area contributed by atoms with Gasteiger partial charge in [0.05, 0.1) is 12.1 Å². The summed E-state index contributed by atoms with van der Waals surface area (Å²) in [6.07, 6.45) is 2.87. The molecule has 0 aliphatic carbocycles. The molecule has 0 aliphatic rings. The lowest BCUT2D eigenvalue weighted by Crippen LogP contribution is -2.39. The molecule has 3 N–H and O–H groups in total. The quantitative estimate of drug-likeness (QED) is 0.599. The lowest BCUT2D eigenvalue weighted by atomic mass is 10.1. The zero-order chi connectivity index (χ0) is 14.9. The Morgan fingerprint density at radius 1 is 1.25 bits per heavy atom. The second-order valence-corrected chi connectivity index (χ2v) is 4.33. The first-order valence-electron chi connectivity index (χ1n) is 5.78. The van der Waals surface area contributed by atoms with Crippen LogP contribution in [0.15, 0.2) is 40.2 Å². The van der Waals surface area contributed by atoms with Gasteiger partial charge in [-0.2, -0.15) is 0 Å². The van der Waals surface area contributed by atoms with Crippen LogP contribution in [0, 0.1) is 0 Å². The Kier molecular flexibility index (Phi) is 3.43. The van der Waals surface area contributed by atoms with E-state index in [1.807, 2.05) is 0 Å². The number of aromatic nitrogens is 2. The van der Waals surface area contributed by atoms with Crippen molar-refractivity contribution < 1.29 is 9.90 Å². The first-order chi connectivity index (χ1) is 9.41. The molecule has 0 unspecified atom stereocenters. The van der Waals surface area contributed by atoms with Crippen LogP contribution in [0.1, 0.15) is 15.9 Å². The summed E-state index contributed by atoms with van der Waals surface area (Å²) in [6, 6.07) is 4.63. The lowest BCUT2D eigenvalue weighted by Gasteiger charge is -2.10. The summed E-state index contributed by atoms with van der Waals surface area (Å²) in [5, 5.41) is 9.16. The Hall–Kier alpha value is -2.83. The Morgan fingerprint density at radius 3 is 2.60 bits per heavy atom. The maximum Gasteiger partial charge on any atom is 0.338 e. The average molecular weight is 275 g/mol. The van der Waals surface area contributed by atoms with E-state index in [-0.39, 0.29) is 17.8 Å². The minimum absolute atomic E-state index is 0.0262. The van der Waals surface area contributed by atoms with Gasteiger partial charge in [0.15, 0.2) is 0 Å². The average Bonchev–Trinajstić information content (AvgIpc) is 2.39. The number of aryl methyl sites for hydroxylation is 1. The summed E-state index contributed by atoms with van der Waals surface area (Å²) in [7, 11) is 1.47. The van der Waals surface area contributed by atoms with Crippen molar-refractivity contribution in [2.75, 3.05) is 5.73 Å². The molecule has 0 aliphatic heterocycles. The number of nitrogens with zero attached hydrogens (tertiary/aromatic N) is 2. The van der Waals surface area contributed by atoms with E-state index in [9.17, 15) is 14.4 Å². The van der Waals surface area contributed by atoms with E-state index in [1.54, 1.807) is 12.1 Å². The van der Waals surface area contributed by atoms with Gasteiger partial charge in [-0.3, -0.25) is 9.59 Å². The molecule has 1 aromatic heterocycles. The van der Waals surface area contributed by atoms with Crippen molar-refractivity contribution in [3.05, 3.63) is 62.4 Å². The summed E-state index contributed by atoms with van der Waals surface area (Å²) in [5.41, 5.74) is 4.68. The number of benzene rings is 1. The first-order valence-corrected chi connectivity index (χ1v) is 5.78. The molecule has 1 heterocycles. The second-order valence-electron chi connectivity index (χ2n) is 4.33. The SMILES string of the molecule is Cn1ccn(Cc2cccc(N)c2C(=O)O)c(=O)c1=O. The van der Waals surface area contributed by atoms with E-state index in [0.29, 0.717) is 5.56 Å². The van der Waals surface area contributed by atoms with Crippen LogP contribution in [0.5, 0.6) is 0 Å².